The van der Waals surface area contributed by atoms with Crippen molar-refractivity contribution in [1.82, 2.24) is 10.2 Å². The zero-order valence-corrected chi connectivity index (χ0v) is 23.8. The average molecular weight is 574 g/mol. The maximum atomic E-state index is 14.6. The Bertz CT molecular complexity index is 1400. The Kier molecular flexibility index (Phi) is 10.5. The van der Waals surface area contributed by atoms with Crippen molar-refractivity contribution in [2.45, 2.75) is 51.1 Å². The molecule has 2 amide bonds. The summed E-state index contributed by atoms with van der Waals surface area (Å²) in [5.74, 6) is -1.62. The maximum Gasteiger partial charge on any atom is 0.264 e. The molecule has 0 aliphatic carbocycles. The van der Waals surface area contributed by atoms with E-state index in [1.807, 2.05) is 13.8 Å². The van der Waals surface area contributed by atoms with Gasteiger partial charge < -0.3 is 10.2 Å². The number of rotatable bonds is 12. The molecule has 3 aromatic rings. The number of carbonyl (C=O) groups is 2. The molecule has 0 heterocycles. The minimum atomic E-state index is -4.21. The fraction of sp³-hybridized carbons (Fsp3) is 0.310. The second kappa shape index (κ2) is 13.6. The fourth-order valence-corrected chi connectivity index (χ4v) is 5.52. The van der Waals surface area contributed by atoms with Crippen molar-refractivity contribution < 1.29 is 22.4 Å². The molecule has 0 unspecified atom stereocenters. The molecule has 0 spiro atoms. The van der Waals surface area contributed by atoms with Gasteiger partial charge in [0.2, 0.25) is 11.8 Å². The number of hydrogen-bond acceptors (Lipinski definition) is 4. The van der Waals surface area contributed by atoms with Gasteiger partial charge in [0.25, 0.3) is 10.0 Å². The van der Waals surface area contributed by atoms with E-state index in [0.29, 0.717) is 6.54 Å². The Hall–Kier alpha value is -3.43. The topological polar surface area (TPSA) is 86.8 Å². The molecule has 0 aliphatic heterocycles. The number of sulfonamides is 1. The van der Waals surface area contributed by atoms with Crippen molar-refractivity contribution in [3.63, 3.8) is 0 Å². The highest BCUT2D eigenvalue weighted by Crippen LogP contribution is 2.27. The van der Waals surface area contributed by atoms with Crippen LogP contribution in [0.2, 0.25) is 5.02 Å². The van der Waals surface area contributed by atoms with Crippen LogP contribution in [0.3, 0.4) is 0 Å². The monoisotopic (exact) mass is 573 g/mol. The molecule has 39 heavy (non-hydrogen) atoms. The quantitative estimate of drug-likeness (QED) is 0.297. The van der Waals surface area contributed by atoms with E-state index in [2.05, 4.69) is 5.32 Å². The molecule has 7 nitrogen and oxygen atoms in total. The molecule has 0 radical (unpaired) electrons. The van der Waals surface area contributed by atoms with Gasteiger partial charge in [-0.1, -0.05) is 66.9 Å². The largest absolute Gasteiger partial charge is 0.354 e. The lowest BCUT2D eigenvalue weighted by molar-refractivity contribution is -0.139. The Balaban J connectivity index is 2.01. The molecule has 0 aliphatic rings. The third kappa shape index (κ3) is 7.80. The number of carbonyl (C=O) groups excluding carboxylic acids is 2. The van der Waals surface area contributed by atoms with Gasteiger partial charge in [-0.15, -0.1) is 0 Å². The molecule has 0 bridgehead atoms. The lowest BCUT2D eigenvalue weighted by atomic mass is 10.1. The molecule has 0 fully saturated rings. The number of amides is 2. The van der Waals surface area contributed by atoms with Crippen LogP contribution < -0.4 is 9.62 Å². The number of anilines is 1. The van der Waals surface area contributed by atoms with Gasteiger partial charge in [0.1, 0.15) is 18.4 Å². The first kappa shape index (κ1) is 30.1. The summed E-state index contributed by atoms with van der Waals surface area (Å²) < 4.78 is 43.1. The SMILES string of the molecule is CCCCNC(=O)[C@H](C)N(Cc1ccccc1F)C(=O)CN(c1cccc(Cl)c1)S(=O)(=O)c1ccc(C)cc1. The summed E-state index contributed by atoms with van der Waals surface area (Å²) in [6, 6.07) is 17.4. The van der Waals surface area contributed by atoms with E-state index in [0.717, 1.165) is 22.7 Å². The van der Waals surface area contributed by atoms with Crippen molar-refractivity contribution in [2.24, 2.45) is 0 Å². The second-order valence-corrected chi connectivity index (χ2v) is 11.5. The molecular weight excluding hydrogens is 541 g/mol. The van der Waals surface area contributed by atoms with Gasteiger partial charge in [0, 0.05) is 23.7 Å². The third-order valence-corrected chi connectivity index (χ3v) is 8.30. The molecule has 0 saturated heterocycles. The number of aryl methyl sites for hydroxylation is 1. The van der Waals surface area contributed by atoms with Gasteiger partial charge in [-0.05, 0) is 56.7 Å². The summed E-state index contributed by atoms with van der Waals surface area (Å²) in [4.78, 5) is 28.0. The first-order chi connectivity index (χ1) is 18.5. The summed E-state index contributed by atoms with van der Waals surface area (Å²) in [5, 5.41) is 3.08. The molecule has 0 aromatic heterocycles. The molecule has 1 atom stereocenters. The Morgan fingerprint density at radius 1 is 1.03 bits per heavy atom. The van der Waals surface area contributed by atoms with E-state index < -0.39 is 40.2 Å². The van der Waals surface area contributed by atoms with Crippen molar-refractivity contribution in [3.05, 3.63) is 94.8 Å². The number of hydrogen-bond donors (Lipinski definition) is 1. The summed E-state index contributed by atoms with van der Waals surface area (Å²) in [5.41, 5.74) is 1.26. The average Bonchev–Trinajstić information content (AvgIpc) is 2.91. The summed E-state index contributed by atoms with van der Waals surface area (Å²) in [6.07, 6.45) is 1.63. The molecule has 10 heteroatoms. The summed E-state index contributed by atoms with van der Waals surface area (Å²) in [7, 11) is -4.21. The third-order valence-electron chi connectivity index (χ3n) is 6.28. The highest BCUT2D eigenvalue weighted by molar-refractivity contribution is 7.92. The van der Waals surface area contributed by atoms with Crippen LogP contribution in [-0.4, -0.2) is 44.3 Å². The van der Waals surface area contributed by atoms with Crippen LogP contribution in [-0.2, 0) is 26.2 Å². The first-order valence-electron chi connectivity index (χ1n) is 12.7. The smallest absolute Gasteiger partial charge is 0.264 e. The predicted octanol–water partition coefficient (Wildman–Crippen LogP) is 5.32. The van der Waals surface area contributed by atoms with Gasteiger partial charge in [0.15, 0.2) is 0 Å². The van der Waals surface area contributed by atoms with Gasteiger partial charge in [0.05, 0.1) is 10.6 Å². The molecule has 0 saturated carbocycles. The van der Waals surface area contributed by atoms with Crippen LogP contribution in [0.4, 0.5) is 10.1 Å². The normalized spacial score (nSPS) is 12.0. The predicted molar refractivity (Wildman–Crippen MR) is 151 cm³/mol. The van der Waals surface area contributed by atoms with Crippen LogP contribution in [0.1, 0.15) is 37.8 Å². The molecule has 3 rings (SSSR count). The molecule has 3 aromatic carbocycles. The number of nitrogens with zero attached hydrogens (tertiary/aromatic N) is 2. The van der Waals surface area contributed by atoms with Crippen molar-refractivity contribution in [3.8, 4) is 0 Å². The Morgan fingerprint density at radius 2 is 1.72 bits per heavy atom. The molecule has 208 valence electrons. The second-order valence-electron chi connectivity index (χ2n) is 9.24. The lowest BCUT2D eigenvalue weighted by Gasteiger charge is -2.32. The van der Waals surface area contributed by atoms with Gasteiger partial charge >= 0.3 is 0 Å². The van der Waals surface area contributed by atoms with E-state index in [4.69, 9.17) is 11.6 Å². The van der Waals surface area contributed by atoms with Crippen LogP contribution in [0.25, 0.3) is 0 Å². The van der Waals surface area contributed by atoms with Crippen molar-refractivity contribution in [2.75, 3.05) is 17.4 Å². The fourth-order valence-electron chi connectivity index (χ4n) is 3.93. The minimum Gasteiger partial charge on any atom is -0.354 e. The first-order valence-corrected chi connectivity index (χ1v) is 14.5. The van der Waals surface area contributed by atoms with Crippen LogP contribution >= 0.6 is 11.6 Å². The van der Waals surface area contributed by atoms with Gasteiger partial charge in [-0.25, -0.2) is 12.8 Å². The van der Waals surface area contributed by atoms with E-state index in [-0.39, 0.29) is 27.7 Å². The lowest BCUT2D eigenvalue weighted by Crippen LogP contribution is -2.51. The number of nitrogens with one attached hydrogen (secondary N) is 1. The zero-order chi connectivity index (χ0) is 28.6. The standard InChI is InChI=1S/C29H33ClFN3O4S/c1-4-5-17-32-29(36)22(3)33(19-23-9-6-7-12-27(23)31)28(35)20-34(25-11-8-10-24(30)18-25)39(37,38)26-15-13-21(2)14-16-26/h6-16,18,22H,4-5,17,19-20H2,1-3H3,(H,32,36)/t22-/m0/s1. The molecular formula is C29H33ClFN3O4S. The van der Waals surface area contributed by atoms with E-state index >= 15 is 0 Å². The summed E-state index contributed by atoms with van der Waals surface area (Å²) >= 11 is 6.17. The Morgan fingerprint density at radius 3 is 2.36 bits per heavy atom. The summed E-state index contributed by atoms with van der Waals surface area (Å²) in [6.45, 7) is 4.94. The van der Waals surface area contributed by atoms with Crippen LogP contribution in [0.5, 0.6) is 0 Å². The Labute approximate surface area is 234 Å². The molecule has 1 N–H and O–H groups in total. The van der Waals surface area contributed by atoms with Crippen molar-refractivity contribution in [1.29, 1.82) is 0 Å². The van der Waals surface area contributed by atoms with E-state index in [1.165, 1.54) is 54.3 Å². The van der Waals surface area contributed by atoms with Crippen LogP contribution in [0.15, 0.2) is 77.7 Å². The number of halogens is 2. The highest BCUT2D eigenvalue weighted by atomic mass is 35.5. The minimum absolute atomic E-state index is 0.00751. The number of benzene rings is 3. The van der Waals surface area contributed by atoms with Crippen molar-refractivity contribution >= 4 is 39.1 Å². The zero-order valence-electron chi connectivity index (χ0n) is 22.2. The van der Waals surface area contributed by atoms with Gasteiger partial charge in [-0.2, -0.15) is 0 Å². The van der Waals surface area contributed by atoms with Gasteiger partial charge in [-0.3, -0.25) is 13.9 Å². The van der Waals surface area contributed by atoms with E-state index in [1.54, 1.807) is 30.3 Å². The number of unbranched alkanes of at least 4 members (excludes halogenated alkanes) is 1. The highest BCUT2D eigenvalue weighted by Gasteiger charge is 2.33. The van der Waals surface area contributed by atoms with E-state index in [9.17, 15) is 22.4 Å². The van der Waals surface area contributed by atoms with Crippen LogP contribution in [0, 0.1) is 12.7 Å². The maximum absolute atomic E-state index is 14.6.